The number of piperidine rings is 2. The van der Waals surface area contributed by atoms with Crippen molar-refractivity contribution in [3.05, 3.63) is 0 Å². The van der Waals surface area contributed by atoms with Crippen LogP contribution in [-0.4, -0.2) is 54.5 Å². The lowest BCUT2D eigenvalue weighted by molar-refractivity contribution is -0.140. The van der Waals surface area contributed by atoms with Gasteiger partial charge in [-0.2, -0.15) is 0 Å². The van der Waals surface area contributed by atoms with Crippen LogP contribution in [0.3, 0.4) is 0 Å². The van der Waals surface area contributed by atoms with Gasteiger partial charge in [0.1, 0.15) is 0 Å². The minimum Gasteiger partial charge on any atom is -0.303 e. The number of rotatable bonds is 4. The predicted molar refractivity (Wildman–Crippen MR) is 83.8 cm³/mol. The fourth-order valence-electron chi connectivity index (χ4n) is 4.06. The Labute approximate surface area is 128 Å². The van der Waals surface area contributed by atoms with E-state index in [0.29, 0.717) is 12.3 Å². The van der Waals surface area contributed by atoms with Crippen molar-refractivity contribution in [2.45, 2.75) is 58.9 Å². The zero-order chi connectivity index (χ0) is 15.6. The van der Waals surface area contributed by atoms with Crippen LogP contribution in [0.25, 0.3) is 0 Å². The number of hydrogen-bond donors (Lipinski definition) is 0. The van der Waals surface area contributed by atoms with E-state index in [0.717, 1.165) is 39.0 Å². The third-order valence-electron chi connectivity index (χ3n) is 5.24. The standard InChI is InChI=1S/C17H32F2N2/c1-13(2)11-20-8-5-15(6-9-20)16-7-10-21(14(3)4)12-17(16,18)19/h13-16H,5-12H2,1-4H3. The van der Waals surface area contributed by atoms with Gasteiger partial charge < -0.3 is 4.90 Å². The molecule has 2 fully saturated rings. The van der Waals surface area contributed by atoms with Crippen LogP contribution >= 0.6 is 0 Å². The Kier molecular flexibility index (Phi) is 5.64. The molecule has 0 saturated carbocycles. The van der Waals surface area contributed by atoms with Gasteiger partial charge in [-0.25, -0.2) is 8.78 Å². The van der Waals surface area contributed by atoms with Crippen molar-refractivity contribution in [3.8, 4) is 0 Å². The summed E-state index contributed by atoms with van der Waals surface area (Å²) in [5, 5.41) is 0. The van der Waals surface area contributed by atoms with Crippen LogP contribution in [0.15, 0.2) is 0 Å². The molecule has 2 saturated heterocycles. The monoisotopic (exact) mass is 302 g/mol. The largest absolute Gasteiger partial charge is 0.303 e. The molecule has 4 heteroatoms. The lowest BCUT2D eigenvalue weighted by Crippen LogP contribution is -2.54. The molecule has 0 amide bonds. The summed E-state index contributed by atoms with van der Waals surface area (Å²) in [5.74, 6) is -2.02. The molecule has 0 radical (unpaired) electrons. The van der Waals surface area contributed by atoms with Gasteiger partial charge >= 0.3 is 0 Å². The third-order valence-corrected chi connectivity index (χ3v) is 5.24. The van der Waals surface area contributed by atoms with E-state index in [-0.39, 0.29) is 18.5 Å². The summed E-state index contributed by atoms with van der Waals surface area (Å²) in [7, 11) is 0. The summed E-state index contributed by atoms with van der Waals surface area (Å²) < 4.78 is 29.0. The molecule has 1 atom stereocenters. The van der Waals surface area contributed by atoms with Gasteiger partial charge in [0.05, 0.1) is 6.54 Å². The Morgan fingerprint density at radius 2 is 1.62 bits per heavy atom. The Balaban J connectivity index is 1.88. The number of halogens is 2. The molecule has 2 aliphatic rings. The van der Waals surface area contributed by atoms with E-state index in [1.54, 1.807) is 0 Å². The molecule has 0 bridgehead atoms. The van der Waals surface area contributed by atoms with E-state index >= 15 is 0 Å². The molecular weight excluding hydrogens is 270 g/mol. The smallest absolute Gasteiger partial charge is 0.263 e. The normalized spacial score (nSPS) is 29.4. The van der Waals surface area contributed by atoms with Gasteiger partial charge in [-0.05, 0) is 64.6 Å². The first kappa shape index (κ1) is 17.1. The van der Waals surface area contributed by atoms with Gasteiger partial charge in [0.2, 0.25) is 0 Å². The molecule has 0 N–H and O–H groups in total. The lowest BCUT2D eigenvalue weighted by Gasteiger charge is -2.45. The summed E-state index contributed by atoms with van der Waals surface area (Å²) in [4.78, 5) is 4.38. The highest BCUT2D eigenvalue weighted by molar-refractivity contribution is 4.93. The van der Waals surface area contributed by atoms with Crippen molar-refractivity contribution in [1.82, 2.24) is 9.80 Å². The van der Waals surface area contributed by atoms with Gasteiger partial charge in [-0.3, -0.25) is 4.90 Å². The zero-order valence-electron chi connectivity index (χ0n) is 14.1. The molecule has 0 aromatic carbocycles. The number of alkyl halides is 2. The van der Waals surface area contributed by atoms with E-state index in [1.807, 2.05) is 18.7 Å². The minimum atomic E-state index is -2.51. The minimum absolute atomic E-state index is 0.0401. The van der Waals surface area contributed by atoms with Crippen LogP contribution in [-0.2, 0) is 0 Å². The molecule has 0 aromatic heterocycles. The SMILES string of the molecule is CC(C)CN1CCC(C2CCN(C(C)C)CC2(F)F)CC1. The highest BCUT2D eigenvalue weighted by Crippen LogP contribution is 2.42. The van der Waals surface area contributed by atoms with Crippen LogP contribution in [0.1, 0.15) is 47.0 Å². The van der Waals surface area contributed by atoms with Crippen molar-refractivity contribution >= 4 is 0 Å². The Hall–Kier alpha value is -0.220. The van der Waals surface area contributed by atoms with E-state index in [4.69, 9.17) is 0 Å². The maximum atomic E-state index is 14.5. The summed E-state index contributed by atoms with van der Waals surface area (Å²) in [6.07, 6.45) is 2.57. The first-order valence-electron chi connectivity index (χ1n) is 8.64. The van der Waals surface area contributed by atoms with Crippen LogP contribution in [0.4, 0.5) is 8.78 Å². The molecule has 0 aromatic rings. The van der Waals surface area contributed by atoms with Crippen molar-refractivity contribution in [2.75, 3.05) is 32.7 Å². The number of likely N-dealkylation sites (tertiary alicyclic amines) is 2. The zero-order valence-corrected chi connectivity index (χ0v) is 14.1. The maximum Gasteiger partial charge on any atom is 0.263 e. The molecule has 1 unspecified atom stereocenters. The number of hydrogen-bond acceptors (Lipinski definition) is 2. The fourth-order valence-corrected chi connectivity index (χ4v) is 4.06. The first-order chi connectivity index (χ1) is 9.79. The summed E-state index contributed by atoms with van der Waals surface area (Å²) in [6.45, 7) is 12.4. The molecule has 0 aliphatic carbocycles. The molecule has 2 nitrogen and oxygen atoms in total. The molecule has 2 aliphatic heterocycles. The van der Waals surface area contributed by atoms with Crippen LogP contribution in [0.2, 0.25) is 0 Å². The molecule has 21 heavy (non-hydrogen) atoms. The number of nitrogens with zero attached hydrogens (tertiary/aromatic N) is 2. The van der Waals surface area contributed by atoms with Gasteiger partial charge in [-0.1, -0.05) is 13.8 Å². The molecule has 124 valence electrons. The highest BCUT2D eigenvalue weighted by atomic mass is 19.3. The Bertz CT molecular complexity index is 323. The quantitative estimate of drug-likeness (QED) is 0.781. The van der Waals surface area contributed by atoms with Crippen LogP contribution in [0, 0.1) is 17.8 Å². The molecular formula is C17H32F2N2. The lowest BCUT2D eigenvalue weighted by atomic mass is 9.76. The van der Waals surface area contributed by atoms with Crippen molar-refractivity contribution in [1.29, 1.82) is 0 Å². The van der Waals surface area contributed by atoms with Gasteiger partial charge in [0, 0.05) is 18.5 Å². The van der Waals surface area contributed by atoms with Gasteiger partial charge in [0.15, 0.2) is 0 Å². The second-order valence-corrected chi connectivity index (χ2v) is 7.75. The van der Waals surface area contributed by atoms with Crippen LogP contribution < -0.4 is 0 Å². The topological polar surface area (TPSA) is 6.48 Å². The molecule has 2 rings (SSSR count). The second-order valence-electron chi connectivity index (χ2n) is 7.75. The van der Waals surface area contributed by atoms with Gasteiger partial charge in [-0.15, -0.1) is 0 Å². The maximum absolute atomic E-state index is 14.5. The summed E-state index contributed by atoms with van der Waals surface area (Å²) in [5.41, 5.74) is 0. The van der Waals surface area contributed by atoms with Crippen molar-refractivity contribution < 1.29 is 8.78 Å². The third kappa shape index (κ3) is 4.38. The van der Waals surface area contributed by atoms with E-state index in [1.165, 1.54) is 0 Å². The average Bonchev–Trinajstić information content (AvgIpc) is 2.38. The van der Waals surface area contributed by atoms with E-state index in [2.05, 4.69) is 18.7 Å². The summed E-state index contributed by atoms with van der Waals surface area (Å²) in [6, 6.07) is 0.227. The van der Waals surface area contributed by atoms with E-state index < -0.39 is 11.8 Å². The van der Waals surface area contributed by atoms with E-state index in [9.17, 15) is 8.78 Å². The molecule has 2 heterocycles. The summed E-state index contributed by atoms with van der Waals surface area (Å²) >= 11 is 0. The molecule has 0 spiro atoms. The average molecular weight is 302 g/mol. The second kappa shape index (κ2) is 6.91. The highest BCUT2D eigenvalue weighted by Gasteiger charge is 2.48. The Morgan fingerprint density at radius 1 is 1.00 bits per heavy atom. The first-order valence-corrected chi connectivity index (χ1v) is 8.64. The van der Waals surface area contributed by atoms with Crippen molar-refractivity contribution in [3.63, 3.8) is 0 Å². The van der Waals surface area contributed by atoms with Gasteiger partial charge in [0.25, 0.3) is 5.92 Å². The predicted octanol–water partition coefficient (Wildman–Crippen LogP) is 3.72. The fraction of sp³-hybridized carbons (Fsp3) is 1.00. The van der Waals surface area contributed by atoms with Crippen molar-refractivity contribution in [2.24, 2.45) is 17.8 Å². The van der Waals surface area contributed by atoms with Crippen LogP contribution in [0.5, 0.6) is 0 Å². The Morgan fingerprint density at radius 3 is 2.10 bits per heavy atom.